The van der Waals surface area contributed by atoms with Crippen LogP contribution in [0.25, 0.3) is 11.3 Å². The van der Waals surface area contributed by atoms with Crippen molar-refractivity contribution in [1.29, 1.82) is 0 Å². The van der Waals surface area contributed by atoms with Gasteiger partial charge in [-0.2, -0.15) is 0 Å². The summed E-state index contributed by atoms with van der Waals surface area (Å²) in [6, 6.07) is 9.82. The van der Waals surface area contributed by atoms with Crippen LogP contribution in [0.1, 0.15) is 56.8 Å². The van der Waals surface area contributed by atoms with Gasteiger partial charge in [-0.15, -0.1) is 0 Å². The summed E-state index contributed by atoms with van der Waals surface area (Å²) >= 11 is 0. The van der Waals surface area contributed by atoms with Gasteiger partial charge < -0.3 is 14.6 Å². The first kappa shape index (κ1) is 18.8. The average Bonchev–Trinajstić information content (AvgIpc) is 3.08. The van der Waals surface area contributed by atoms with E-state index < -0.39 is 0 Å². The number of anilines is 1. The Balaban J connectivity index is 1.46. The molecule has 1 N–H and O–H groups in total. The maximum Gasteiger partial charge on any atom is 0.225 e. The number of rotatable bonds is 6. The van der Waals surface area contributed by atoms with Gasteiger partial charge >= 0.3 is 0 Å². The van der Waals surface area contributed by atoms with E-state index >= 15 is 0 Å². The van der Waals surface area contributed by atoms with Gasteiger partial charge in [0.2, 0.25) is 11.8 Å². The molecule has 1 aliphatic heterocycles. The maximum absolute atomic E-state index is 12.5. The van der Waals surface area contributed by atoms with Crippen molar-refractivity contribution in [2.75, 3.05) is 11.9 Å². The average molecular weight is 380 g/mol. The molecule has 2 heterocycles. The molecule has 2 amide bonds. The molecule has 0 radical (unpaired) electrons. The predicted octanol–water partition coefficient (Wildman–Crippen LogP) is 4.76. The van der Waals surface area contributed by atoms with Crippen molar-refractivity contribution >= 4 is 17.5 Å². The van der Waals surface area contributed by atoms with Crippen molar-refractivity contribution < 1.29 is 14.0 Å². The minimum atomic E-state index is 0.0443. The highest BCUT2D eigenvalue weighted by atomic mass is 16.3. The topological polar surface area (TPSA) is 62.6 Å². The minimum Gasteiger partial charge on any atom is -0.461 e. The van der Waals surface area contributed by atoms with Gasteiger partial charge in [-0.05, 0) is 37.5 Å². The molecule has 0 atom stereocenters. The van der Waals surface area contributed by atoms with Gasteiger partial charge in [0, 0.05) is 48.7 Å². The smallest absolute Gasteiger partial charge is 0.225 e. The van der Waals surface area contributed by atoms with E-state index in [0.29, 0.717) is 18.9 Å². The number of carbonyl (C=O) groups is 2. The van der Waals surface area contributed by atoms with Crippen LogP contribution in [0.2, 0.25) is 0 Å². The Hall–Kier alpha value is -2.56. The molecular weight excluding hydrogens is 352 g/mol. The zero-order valence-electron chi connectivity index (χ0n) is 16.5. The van der Waals surface area contributed by atoms with Crippen molar-refractivity contribution in [2.24, 2.45) is 5.92 Å². The number of unbranched alkanes of at least 4 members (excludes halogenated alkanes) is 1. The van der Waals surface area contributed by atoms with Crippen LogP contribution in [0.15, 0.2) is 34.7 Å². The third-order valence-electron chi connectivity index (χ3n) is 5.82. The Morgan fingerprint density at radius 2 is 2.11 bits per heavy atom. The predicted molar refractivity (Wildman–Crippen MR) is 109 cm³/mol. The van der Waals surface area contributed by atoms with E-state index in [-0.39, 0.29) is 11.8 Å². The van der Waals surface area contributed by atoms with Crippen LogP contribution in [0.3, 0.4) is 0 Å². The molecule has 28 heavy (non-hydrogen) atoms. The molecule has 4 rings (SSSR count). The Morgan fingerprint density at radius 1 is 1.25 bits per heavy atom. The number of nitrogens with one attached hydrogen (secondary N) is 1. The van der Waals surface area contributed by atoms with E-state index in [1.54, 1.807) is 0 Å². The molecule has 148 valence electrons. The molecule has 1 fully saturated rings. The van der Waals surface area contributed by atoms with E-state index in [4.69, 9.17) is 4.42 Å². The molecule has 5 heteroatoms. The fourth-order valence-corrected chi connectivity index (χ4v) is 3.89. The van der Waals surface area contributed by atoms with Gasteiger partial charge in [0.25, 0.3) is 0 Å². The monoisotopic (exact) mass is 380 g/mol. The lowest BCUT2D eigenvalue weighted by molar-refractivity contribution is -0.139. The quantitative estimate of drug-likeness (QED) is 0.786. The third kappa shape index (κ3) is 3.98. The second-order valence-corrected chi connectivity index (χ2v) is 7.93. The molecular formula is C23H28N2O3. The first-order chi connectivity index (χ1) is 13.6. The van der Waals surface area contributed by atoms with Crippen molar-refractivity contribution in [3.63, 3.8) is 0 Å². The molecule has 0 saturated heterocycles. The number of hydrogen-bond donors (Lipinski definition) is 1. The van der Waals surface area contributed by atoms with E-state index in [1.165, 1.54) is 6.42 Å². The Labute approximate surface area is 166 Å². The first-order valence-electron chi connectivity index (χ1n) is 10.4. The van der Waals surface area contributed by atoms with Crippen LogP contribution >= 0.6 is 0 Å². The first-order valence-corrected chi connectivity index (χ1v) is 10.4. The van der Waals surface area contributed by atoms with Crippen LogP contribution < -0.4 is 5.32 Å². The number of amides is 2. The van der Waals surface area contributed by atoms with Crippen LogP contribution in [-0.4, -0.2) is 23.3 Å². The highest BCUT2D eigenvalue weighted by molar-refractivity contribution is 5.91. The van der Waals surface area contributed by atoms with Crippen LogP contribution in [-0.2, 0) is 22.6 Å². The molecule has 2 aromatic rings. The normalized spacial score (nSPS) is 16.4. The second kappa shape index (κ2) is 8.21. The number of fused-ring (bicyclic) bond motifs is 1. The Morgan fingerprint density at radius 3 is 2.86 bits per heavy atom. The molecule has 5 nitrogen and oxygen atoms in total. The highest BCUT2D eigenvalue weighted by Gasteiger charge is 2.32. The van der Waals surface area contributed by atoms with E-state index in [0.717, 1.165) is 67.0 Å². The fourth-order valence-electron chi connectivity index (χ4n) is 3.89. The lowest BCUT2D eigenvalue weighted by Crippen LogP contribution is -2.41. The van der Waals surface area contributed by atoms with Gasteiger partial charge in [-0.3, -0.25) is 9.59 Å². The van der Waals surface area contributed by atoms with Crippen molar-refractivity contribution in [3.05, 3.63) is 41.7 Å². The van der Waals surface area contributed by atoms with Crippen LogP contribution in [0.4, 0.5) is 5.69 Å². The van der Waals surface area contributed by atoms with Crippen LogP contribution in [0.5, 0.6) is 0 Å². The number of benzene rings is 1. The third-order valence-corrected chi connectivity index (χ3v) is 5.82. The zero-order valence-corrected chi connectivity index (χ0v) is 16.5. The van der Waals surface area contributed by atoms with Gasteiger partial charge in [0.15, 0.2) is 0 Å². The van der Waals surface area contributed by atoms with Crippen molar-refractivity contribution in [2.45, 2.75) is 58.4 Å². The SMILES string of the molecule is CCCCC(=O)Nc1cccc(-c2cc3c(o2)CCN(C(=O)C2CCC2)C3)c1. The number of carbonyl (C=O) groups excluding carboxylic acids is 2. The Bertz CT molecular complexity index is 866. The van der Waals surface area contributed by atoms with Gasteiger partial charge in [0.05, 0.1) is 0 Å². The van der Waals surface area contributed by atoms with Crippen molar-refractivity contribution in [3.8, 4) is 11.3 Å². The molecule has 0 unspecified atom stereocenters. The molecule has 1 saturated carbocycles. The molecule has 0 spiro atoms. The maximum atomic E-state index is 12.5. The van der Waals surface area contributed by atoms with Gasteiger partial charge in [0.1, 0.15) is 11.5 Å². The highest BCUT2D eigenvalue weighted by Crippen LogP contribution is 2.33. The van der Waals surface area contributed by atoms with E-state index in [9.17, 15) is 9.59 Å². The van der Waals surface area contributed by atoms with Crippen LogP contribution in [0, 0.1) is 5.92 Å². The molecule has 2 aliphatic rings. The summed E-state index contributed by atoms with van der Waals surface area (Å²) in [5.41, 5.74) is 2.83. The summed E-state index contributed by atoms with van der Waals surface area (Å²) in [4.78, 5) is 26.5. The van der Waals surface area contributed by atoms with E-state index in [1.807, 2.05) is 35.2 Å². The summed E-state index contributed by atoms with van der Waals surface area (Å²) in [5.74, 6) is 2.36. The van der Waals surface area contributed by atoms with E-state index in [2.05, 4.69) is 12.2 Å². The number of furan rings is 1. The molecule has 1 aliphatic carbocycles. The number of nitrogens with zero attached hydrogens (tertiary/aromatic N) is 1. The lowest BCUT2D eigenvalue weighted by Gasteiger charge is -2.33. The minimum absolute atomic E-state index is 0.0443. The molecule has 1 aromatic carbocycles. The lowest BCUT2D eigenvalue weighted by atomic mass is 9.84. The summed E-state index contributed by atoms with van der Waals surface area (Å²) in [6.45, 7) is 3.46. The molecule has 1 aromatic heterocycles. The van der Waals surface area contributed by atoms with Gasteiger partial charge in [-0.1, -0.05) is 31.9 Å². The molecule has 0 bridgehead atoms. The zero-order chi connectivity index (χ0) is 19.5. The van der Waals surface area contributed by atoms with Crippen molar-refractivity contribution in [1.82, 2.24) is 4.90 Å². The summed E-state index contributed by atoms with van der Waals surface area (Å²) in [5, 5.41) is 2.96. The summed E-state index contributed by atoms with van der Waals surface area (Å²) in [6.07, 6.45) is 6.46. The largest absolute Gasteiger partial charge is 0.461 e. The number of hydrogen-bond acceptors (Lipinski definition) is 3. The second-order valence-electron chi connectivity index (χ2n) is 7.93. The standard InChI is InChI=1S/C23H28N2O3/c1-2-3-10-22(26)24-19-9-5-8-17(13-19)21-14-18-15-25(12-11-20(18)28-21)23(27)16-6-4-7-16/h5,8-9,13-14,16H,2-4,6-7,10-12,15H2,1H3,(H,24,26). The Kier molecular flexibility index (Phi) is 5.51. The summed E-state index contributed by atoms with van der Waals surface area (Å²) in [7, 11) is 0. The summed E-state index contributed by atoms with van der Waals surface area (Å²) < 4.78 is 6.10. The fraction of sp³-hybridized carbons (Fsp3) is 0.478. The van der Waals surface area contributed by atoms with Gasteiger partial charge in [-0.25, -0.2) is 0 Å².